The molecule has 2 aliphatic rings. The van der Waals surface area contributed by atoms with Gasteiger partial charge in [0.1, 0.15) is 18.0 Å². The van der Waals surface area contributed by atoms with E-state index in [0.29, 0.717) is 13.0 Å². The lowest BCUT2D eigenvalue weighted by Gasteiger charge is -2.50. The zero-order chi connectivity index (χ0) is 10.6. The molecular formula is C9H14NO4+. The summed E-state index contributed by atoms with van der Waals surface area (Å²) in [6.45, 7) is 2.71. The molecule has 1 unspecified atom stereocenters. The van der Waals surface area contributed by atoms with Crippen molar-refractivity contribution in [1.82, 2.24) is 0 Å². The van der Waals surface area contributed by atoms with Crippen molar-refractivity contribution < 1.29 is 24.3 Å². The molecule has 2 saturated heterocycles. The van der Waals surface area contributed by atoms with E-state index in [0.717, 1.165) is 6.42 Å². The Hall–Kier alpha value is -1.10. The second-order valence-electron chi connectivity index (χ2n) is 4.64. The van der Waals surface area contributed by atoms with Crippen molar-refractivity contribution in [1.29, 1.82) is 0 Å². The smallest absolute Gasteiger partial charge is 0.481 e. The molecule has 14 heavy (non-hydrogen) atoms. The van der Waals surface area contributed by atoms with E-state index >= 15 is 0 Å². The third kappa shape index (κ3) is 0.877. The monoisotopic (exact) mass is 200 g/mol. The summed E-state index contributed by atoms with van der Waals surface area (Å²) in [5, 5.41) is 18.0. The molecule has 3 atom stereocenters. The SMILES string of the molecule is C[C@]12CC[N@@+]1(C(=O)O)CC(C(=O)O)C2. The fourth-order valence-corrected chi connectivity index (χ4v) is 2.89. The Morgan fingerprint density at radius 3 is 2.36 bits per heavy atom. The molecule has 5 heteroatoms. The molecule has 1 amide bonds. The average molecular weight is 200 g/mol. The van der Waals surface area contributed by atoms with Crippen molar-refractivity contribution >= 4 is 12.1 Å². The van der Waals surface area contributed by atoms with Crippen molar-refractivity contribution in [2.24, 2.45) is 5.92 Å². The first-order valence-electron chi connectivity index (χ1n) is 4.75. The number of rotatable bonds is 1. The van der Waals surface area contributed by atoms with Gasteiger partial charge in [-0.25, -0.2) is 4.48 Å². The standard InChI is InChI=1S/C9H13NO4/c1-9-2-3-10(9,8(13)14)5-6(4-9)7(11)12/h6H,2-5H2,1H3,(H-,11,12,13,14)/p+1/t6?,9-,10+/m1/s1. The van der Waals surface area contributed by atoms with Gasteiger partial charge in [0.2, 0.25) is 0 Å². The van der Waals surface area contributed by atoms with Crippen LogP contribution in [0.2, 0.25) is 0 Å². The molecule has 0 aromatic rings. The molecule has 78 valence electrons. The van der Waals surface area contributed by atoms with Crippen molar-refractivity contribution in [3.05, 3.63) is 0 Å². The molecule has 0 bridgehead atoms. The van der Waals surface area contributed by atoms with Crippen LogP contribution in [0.1, 0.15) is 19.8 Å². The number of nitrogens with zero attached hydrogens (tertiary/aromatic N) is 1. The van der Waals surface area contributed by atoms with Gasteiger partial charge in [0.15, 0.2) is 0 Å². The minimum Gasteiger partial charge on any atom is -0.481 e. The Balaban J connectivity index is 2.29. The van der Waals surface area contributed by atoms with Crippen LogP contribution in [0.4, 0.5) is 4.79 Å². The van der Waals surface area contributed by atoms with Crippen LogP contribution in [-0.4, -0.2) is 45.4 Å². The number of aliphatic carboxylic acids is 1. The molecule has 2 N–H and O–H groups in total. The van der Waals surface area contributed by atoms with Gasteiger partial charge in [0.05, 0.1) is 13.0 Å². The van der Waals surface area contributed by atoms with E-state index in [1.165, 1.54) is 0 Å². The maximum Gasteiger partial charge on any atom is 0.514 e. The Labute approximate surface area is 81.5 Å². The number of quaternary nitrogens is 1. The van der Waals surface area contributed by atoms with E-state index in [9.17, 15) is 9.59 Å². The number of carboxylic acid groups (broad SMARTS) is 2. The Kier molecular flexibility index (Phi) is 1.67. The number of carboxylic acids is 1. The lowest BCUT2D eigenvalue weighted by atomic mass is 9.83. The largest absolute Gasteiger partial charge is 0.514 e. The normalized spacial score (nSPS) is 45.4. The third-order valence-corrected chi connectivity index (χ3v) is 4.00. The summed E-state index contributed by atoms with van der Waals surface area (Å²) in [7, 11) is 0. The predicted octanol–water partition coefficient (Wildman–Crippen LogP) is 0.748. The maximum absolute atomic E-state index is 11.1. The number of carbonyl (C=O) groups is 2. The van der Waals surface area contributed by atoms with E-state index in [2.05, 4.69) is 0 Å². The second kappa shape index (κ2) is 2.48. The van der Waals surface area contributed by atoms with Crippen LogP contribution >= 0.6 is 0 Å². The van der Waals surface area contributed by atoms with E-state index in [-0.39, 0.29) is 16.6 Å². The summed E-state index contributed by atoms with van der Waals surface area (Å²) in [4.78, 5) is 22.0. The maximum atomic E-state index is 11.1. The van der Waals surface area contributed by atoms with Gasteiger partial charge in [-0.15, -0.1) is 0 Å². The molecule has 0 aromatic carbocycles. The molecule has 0 aromatic heterocycles. The van der Waals surface area contributed by atoms with Crippen LogP contribution in [0.3, 0.4) is 0 Å². The molecule has 0 spiro atoms. The molecule has 2 aliphatic heterocycles. The number of hydrogen-bond acceptors (Lipinski definition) is 2. The van der Waals surface area contributed by atoms with Gasteiger partial charge in [-0.05, 0) is 6.92 Å². The molecule has 0 aliphatic carbocycles. The van der Waals surface area contributed by atoms with E-state index in [4.69, 9.17) is 10.2 Å². The minimum atomic E-state index is -0.873. The Bertz CT molecular complexity index is 316. The zero-order valence-corrected chi connectivity index (χ0v) is 8.06. The molecule has 0 radical (unpaired) electrons. The highest BCUT2D eigenvalue weighted by molar-refractivity contribution is 5.72. The van der Waals surface area contributed by atoms with Crippen LogP contribution in [0, 0.1) is 5.92 Å². The molecule has 0 saturated carbocycles. The first kappa shape index (κ1) is 9.45. The molecule has 2 fully saturated rings. The molecular weight excluding hydrogens is 186 g/mol. The van der Waals surface area contributed by atoms with Crippen LogP contribution in [0.5, 0.6) is 0 Å². The van der Waals surface area contributed by atoms with E-state index in [1.807, 2.05) is 6.92 Å². The highest BCUT2D eigenvalue weighted by atomic mass is 16.4. The molecule has 2 rings (SSSR count). The quantitative estimate of drug-likeness (QED) is 0.612. The number of amides is 1. The first-order valence-corrected chi connectivity index (χ1v) is 4.75. The van der Waals surface area contributed by atoms with Crippen LogP contribution in [0.25, 0.3) is 0 Å². The van der Waals surface area contributed by atoms with Crippen molar-refractivity contribution in [3.63, 3.8) is 0 Å². The number of hydrogen-bond donors (Lipinski definition) is 2. The van der Waals surface area contributed by atoms with Crippen LogP contribution in [0.15, 0.2) is 0 Å². The van der Waals surface area contributed by atoms with Gasteiger partial charge in [-0.3, -0.25) is 4.79 Å². The highest BCUT2D eigenvalue weighted by Gasteiger charge is 2.68. The van der Waals surface area contributed by atoms with Crippen LogP contribution in [-0.2, 0) is 4.79 Å². The van der Waals surface area contributed by atoms with Gasteiger partial charge >= 0.3 is 12.1 Å². The van der Waals surface area contributed by atoms with Crippen molar-refractivity contribution in [2.45, 2.75) is 25.3 Å². The van der Waals surface area contributed by atoms with Gasteiger partial charge in [-0.2, -0.15) is 4.79 Å². The van der Waals surface area contributed by atoms with E-state index < -0.39 is 18.0 Å². The summed E-state index contributed by atoms with van der Waals surface area (Å²) in [6, 6.07) is 0. The van der Waals surface area contributed by atoms with Crippen molar-refractivity contribution in [3.8, 4) is 0 Å². The minimum absolute atomic E-state index is 0.0377. The number of fused-ring (bicyclic) bond motifs is 1. The summed E-state index contributed by atoms with van der Waals surface area (Å²) in [5.41, 5.74) is -0.338. The summed E-state index contributed by atoms with van der Waals surface area (Å²) < 4.78 is -0.0377. The predicted molar refractivity (Wildman–Crippen MR) is 46.8 cm³/mol. The fourth-order valence-electron chi connectivity index (χ4n) is 2.89. The Morgan fingerprint density at radius 2 is 2.07 bits per heavy atom. The van der Waals surface area contributed by atoms with Crippen molar-refractivity contribution in [2.75, 3.05) is 13.1 Å². The van der Waals surface area contributed by atoms with Gasteiger partial charge in [0, 0.05) is 6.42 Å². The lowest BCUT2D eigenvalue weighted by Crippen LogP contribution is -2.71. The Morgan fingerprint density at radius 1 is 1.43 bits per heavy atom. The molecule has 2 heterocycles. The van der Waals surface area contributed by atoms with Gasteiger partial charge < -0.3 is 10.2 Å². The summed E-state index contributed by atoms with van der Waals surface area (Å²) in [6.07, 6.45) is 0.444. The third-order valence-electron chi connectivity index (χ3n) is 4.00. The van der Waals surface area contributed by atoms with Crippen LogP contribution < -0.4 is 0 Å². The molecule has 5 nitrogen and oxygen atoms in total. The summed E-state index contributed by atoms with van der Waals surface area (Å²) >= 11 is 0. The lowest BCUT2D eigenvalue weighted by molar-refractivity contribution is -0.938. The summed E-state index contributed by atoms with van der Waals surface area (Å²) in [5.74, 6) is -1.35. The average Bonchev–Trinajstić information content (AvgIpc) is 2.26. The van der Waals surface area contributed by atoms with Gasteiger partial charge in [0.25, 0.3) is 0 Å². The first-order chi connectivity index (χ1) is 6.41. The fraction of sp³-hybridized carbons (Fsp3) is 0.778. The second-order valence-corrected chi connectivity index (χ2v) is 4.64. The topological polar surface area (TPSA) is 74.6 Å². The van der Waals surface area contributed by atoms with Gasteiger partial charge in [-0.1, -0.05) is 0 Å². The van der Waals surface area contributed by atoms with E-state index in [1.54, 1.807) is 0 Å². The highest BCUT2D eigenvalue weighted by Crippen LogP contribution is 2.50. The zero-order valence-electron chi connectivity index (χ0n) is 8.06.